The minimum atomic E-state index is -3.92. The van der Waals surface area contributed by atoms with E-state index < -0.39 is 7.82 Å². The van der Waals surface area contributed by atoms with Crippen molar-refractivity contribution in [1.82, 2.24) is 0 Å². The predicted octanol–water partition coefficient (Wildman–Crippen LogP) is 8.60. The van der Waals surface area contributed by atoms with Gasteiger partial charge in [-0.3, -0.25) is 9.05 Å². The van der Waals surface area contributed by atoms with Crippen molar-refractivity contribution in [2.24, 2.45) is 0 Å². The van der Waals surface area contributed by atoms with Crippen LogP contribution in [0.3, 0.4) is 0 Å². The predicted molar refractivity (Wildman–Crippen MR) is 137 cm³/mol. The van der Waals surface area contributed by atoms with Crippen LogP contribution in [0.2, 0.25) is 0 Å². The van der Waals surface area contributed by atoms with Crippen LogP contribution in [0.15, 0.2) is 30.3 Å². The largest absolute Gasteiger partial charge is 0.472 e. The third-order valence-corrected chi connectivity index (χ3v) is 6.82. The van der Waals surface area contributed by atoms with Crippen molar-refractivity contribution in [2.45, 2.75) is 116 Å². The number of hydrogen-bond donors (Lipinski definition) is 1. The van der Waals surface area contributed by atoms with E-state index in [1.807, 2.05) is 30.3 Å². The van der Waals surface area contributed by atoms with Gasteiger partial charge in [-0.1, -0.05) is 121 Å². The average Bonchev–Trinajstić information content (AvgIpc) is 2.81. The van der Waals surface area contributed by atoms with Gasteiger partial charge in [0.1, 0.15) is 0 Å². The Hall–Kier alpha value is -0.710. The quantitative estimate of drug-likeness (QED) is 0.118. The molecule has 0 aliphatic carbocycles. The van der Waals surface area contributed by atoms with Gasteiger partial charge in [-0.05, 0) is 24.8 Å². The van der Waals surface area contributed by atoms with Gasteiger partial charge in [0.05, 0.1) is 19.8 Å². The highest BCUT2D eigenvalue weighted by atomic mass is 31.2. The molecule has 0 aliphatic heterocycles. The van der Waals surface area contributed by atoms with E-state index >= 15 is 0 Å². The van der Waals surface area contributed by atoms with Crippen molar-refractivity contribution in [2.75, 3.05) is 19.8 Å². The Morgan fingerprint density at radius 1 is 0.636 bits per heavy atom. The summed E-state index contributed by atoms with van der Waals surface area (Å²) in [5.41, 5.74) is 1.14. The molecule has 1 N–H and O–H groups in total. The van der Waals surface area contributed by atoms with Crippen LogP contribution < -0.4 is 0 Å². The molecule has 0 heterocycles. The molecule has 6 heteroatoms. The van der Waals surface area contributed by atoms with E-state index in [9.17, 15) is 9.46 Å². The lowest BCUT2D eigenvalue weighted by Gasteiger charge is -2.12. The van der Waals surface area contributed by atoms with Gasteiger partial charge in [0.25, 0.3) is 0 Å². The lowest BCUT2D eigenvalue weighted by molar-refractivity contribution is 0.107. The molecule has 0 bridgehead atoms. The SMILES string of the molecule is CCCCCCCCCCCCCCCCOP(=O)(O)OCCCCOCc1ccccc1. The Morgan fingerprint density at radius 3 is 1.58 bits per heavy atom. The Balaban J connectivity index is 1.81. The van der Waals surface area contributed by atoms with Crippen molar-refractivity contribution >= 4 is 7.82 Å². The lowest BCUT2D eigenvalue weighted by atomic mass is 10.0. The summed E-state index contributed by atoms with van der Waals surface area (Å²) in [5.74, 6) is 0. The van der Waals surface area contributed by atoms with Gasteiger partial charge in [0.2, 0.25) is 0 Å². The van der Waals surface area contributed by atoms with Gasteiger partial charge in [0, 0.05) is 6.61 Å². The summed E-state index contributed by atoms with van der Waals surface area (Å²) in [4.78, 5) is 9.75. The molecule has 0 aromatic heterocycles. The Labute approximate surface area is 203 Å². The molecule has 1 aromatic rings. The van der Waals surface area contributed by atoms with E-state index in [0.29, 0.717) is 19.6 Å². The van der Waals surface area contributed by atoms with Crippen LogP contribution in [-0.2, 0) is 25.0 Å². The molecule has 0 saturated carbocycles. The summed E-state index contributed by atoms with van der Waals surface area (Å²) >= 11 is 0. The summed E-state index contributed by atoms with van der Waals surface area (Å²) < 4.78 is 27.6. The molecule has 0 fully saturated rings. The summed E-state index contributed by atoms with van der Waals surface area (Å²) in [6, 6.07) is 10.0. The first kappa shape index (κ1) is 30.3. The fourth-order valence-electron chi connectivity index (χ4n) is 3.76. The van der Waals surface area contributed by atoms with Crippen LogP contribution >= 0.6 is 7.82 Å². The number of unbranched alkanes of at least 4 members (excludes halogenated alkanes) is 14. The number of phosphoric ester groups is 1. The zero-order valence-corrected chi connectivity index (χ0v) is 22.0. The standard InChI is InChI=1S/C27H49O5P/c1-2-3-4-5-6-7-8-9-10-11-12-13-14-18-24-31-33(28,29)32-25-20-19-23-30-26-27-21-16-15-17-22-27/h15-17,21-22H,2-14,18-20,23-26H2,1H3,(H,28,29). The monoisotopic (exact) mass is 484 g/mol. The van der Waals surface area contributed by atoms with Crippen LogP contribution in [0.1, 0.15) is 115 Å². The van der Waals surface area contributed by atoms with Crippen LogP contribution in [0.4, 0.5) is 0 Å². The molecule has 1 atom stereocenters. The van der Waals surface area contributed by atoms with Crippen LogP contribution in [0, 0.1) is 0 Å². The fourth-order valence-corrected chi connectivity index (χ4v) is 4.56. The average molecular weight is 485 g/mol. The molecule has 192 valence electrons. The summed E-state index contributed by atoms with van der Waals surface area (Å²) in [5, 5.41) is 0. The van der Waals surface area contributed by atoms with Crippen LogP contribution in [-0.4, -0.2) is 24.7 Å². The molecule has 0 saturated heterocycles. The molecule has 1 aromatic carbocycles. The number of phosphoric acid groups is 1. The Kier molecular flexibility index (Phi) is 20.0. The second kappa shape index (κ2) is 21.8. The molecule has 0 amide bonds. The zero-order valence-electron chi connectivity index (χ0n) is 21.1. The maximum atomic E-state index is 11.9. The fraction of sp³-hybridized carbons (Fsp3) is 0.778. The Bertz CT molecular complexity index is 581. The highest BCUT2D eigenvalue weighted by molar-refractivity contribution is 7.47. The molecular formula is C27H49O5P. The lowest BCUT2D eigenvalue weighted by Crippen LogP contribution is -2.01. The van der Waals surface area contributed by atoms with Crippen LogP contribution in [0.25, 0.3) is 0 Å². The third kappa shape index (κ3) is 20.4. The molecule has 33 heavy (non-hydrogen) atoms. The van der Waals surface area contributed by atoms with Crippen molar-refractivity contribution in [1.29, 1.82) is 0 Å². The van der Waals surface area contributed by atoms with Crippen molar-refractivity contribution in [3.05, 3.63) is 35.9 Å². The maximum Gasteiger partial charge on any atom is 0.472 e. The molecule has 5 nitrogen and oxygen atoms in total. The van der Waals surface area contributed by atoms with Gasteiger partial charge >= 0.3 is 7.82 Å². The normalized spacial score (nSPS) is 13.3. The number of benzene rings is 1. The summed E-state index contributed by atoms with van der Waals surface area (Å²) in [7, 11) is -3.92. The maximum absolute atomic E-state index is 11.9. The molecule has 1 rings (SSSR count). The second-order valence-electron chi connectivity index (χ2n) is 8.98. The van der Waals surface area contributed by atoms with E-state index in [4.69, 9.17) is 13.8 Å². The Morgan fingerprint density at radius 2 is 1.06 bits per heavy atom. The third-order valence-electron chi connectivity index (χ3n) is 5.80. The smallest absolute Gasteiger partial charge is 0.377 e. The van der Waals surface area contributed by atoms with Crippen molar-refractivity contribution < 1.29 is 23.2 Å². The van der Waals surface area contributed by atoms with E-state index in [1.165, 1.54) is 77.0 Å². The number of hydrogen-bond acceptors (Lipinski definition) is 4. The first-order chi connectivity index (χ1) is 16.1. The van der Waals surface area contributed by atoms with Crippen molar-refractivity contribution in [3.63, 3.8) is 0 Å². The number of rotatable bonds is 24. The first-order valence-corrected chi connectivity index (χ1v) is 14.9. The molecule has 0 spiro atoms. The highest BCUT2D eigenvalue weighted by Gasteiger charge is 2.19. The molecular weight excluding hydrogens is 435 g/mol. The second-order valence-corrected chi connectivity index (χ2v) is 10.4. The van der Waals surface area contributed by atoms with Crippen molar-refractivity contribution in [3.8, 4) is 0 Å². The van der Waals surface area contributed by atoms with E-state index in [0.717, 1.165) is 24.8 Å². The van der Waals surface area contributed by atoms with E-state index in [2.05, 4.69) is 6.92 Å². The van der Waals surface area contributed by atoms with Gasteiger partial charge in [-0.25, -0.2) is 4.57 Å². The van der Waals surface area contributed by atoms with Crippen LogP contribution in [0.5, 0.6) is 0 Å². The summed E-state index contributed by atoms with van der Waals surface area (Å²) in [6.45, 7) is 3.95. The van der Waals surface area contributed by atoms with Gasteiger partial charge < -0.3 is 9.63 Å². The molecule has 0 radical (unpaired) electrons. The molecule has 0 aliphatic rings. The zero-order chi connectivity index (χ0) is 23.9. The first-order valence-electron chi connectivity index (χ1n) is 13.4. The van der Waals surface area contributed by atoms with E-state index in [1.54, 1.807) is 0 Å². The minimum absolute atomic E-state index is 0.210. The highest BCUT2D eigenvalue weighted by Crippen LogP contribution is 2.43. The topological polar surface area (TPSA) is 65.0 Å². The van der Waals surface area contributed by atoms with Gasteiger partial charge in [-0.15, -0.1) is 0 Å². The summed E-state index contributed by atoms with van der Waals surface area (Å²) in [6.07, 6.45) is 19.4. The minimum Gasteiger partial charge on any atom is -0.377 e. The van der Waals surface area contributed by atoms with Gasteiger partial charge in [0.15, 0.2) is 0 Å². The number of ether oxygens (including phenoxy) is 1. The van der Waals surface area contributed by atoms with Gasteiger partial charge in [-0.2, -0.15) is 0 Å². The molecule has 1 unspecified atom stereocenters. The van der Waals surface area contributed by atoms with E-state index in [-0.39, 0.29) is 13.2 Å².